The summed E-state index contributed by atoms with van der Waals surface area (Å²) in [6, 6.07) is 9.42. The second kappa shape index (κ2) is 9.57. The lowest BCUT2D eigenvalue weighted by Crippen LogP contribution is -2.55. The van der Waals surface area contributed by atoms with Gasteiger partial charge in [-0.15, -0.1) is 0 Å². The summed E-state index contributed by atoms with van der Waals surface area (Å²) < 4.78 is 25.0. The van der Waals surface area contributed by atoms with Crippen molar-refractivity contribution < 1.29 is 33.4 Å². The number of hydrogen-bond donors (Lipinski definition) is 4. The third kappa shape index (κ3) is 4.37. The first kappa shape index (κ1) is 23.7. The fraction of sp³-hybridized carbons (Fsp3) is 0.292. The molecule has 5 rings (SSSR count). The molecule has 0 bridgehead atoms. The van der Waals surface area contributed by atoms with E-state index in [0.717, 1.165) is 6.07 Å². The van der Waals surface area contributed by atoms with Crippen LogP contribution in [0.3, 0.4) is 0 Å². The zero-order valence-electron chi connectivity index (χ0n) is 19.1. The number of nitrogens with zero attached hydrogens (tertiary/aromatic N) is 2. The van der Waals surface area contributed by atoms with Crippen LogP contribution < -0.4 is 20.9 Å². The third-order valence-electron chi connectivity index (χ3n) is 6.16. The summed E-state index contributed by atoms with van der Waals surface area (Å²) in [5, 5.41) is 13.7. The number of aliphatic hydroxyl groups excluding tert-OH is 1. The van der Waals surface area contributed by atoms with Crippen molar-refractivity contribution in [2.45, 2.75) is 12.2 Å². The van der Waals surface area contributed by atoms with Gasteiger partial charge in [0.1, 0.15) is 18.2 Å². The normalized spacial score (nSPS) is 19.6. The number of aliphatic hydroxyl groups is 1. The molecule has 3 amide bonds. The Hall–Kier alpha value is -4.00. The Kier molecular flexibility index (Phi) is 6.31. The van der Waals surface area contributed by atoms with Crippen molar-refractivity contribution in [1.29, 1.82) is 0 Å². The van der Waals surface area contributed by atoms with Gasteiger partial charge in [0, 0.05) is 41.7 Å². The highest BCUT2D eigenvalue weighted by atomic mass is 19.1. The number of nitrogens with two attached hydrogens (primary N) is 1. The number of benzene rings is 2. The van der Waals surface area contributed by atoms with E-state index in [1.54, 1.807) is 29.2 Å². The first-order chi connectivity index (χ1) is 17.3. The average Bonchev–Trinajstić information content (AvgIpc) is 3.25. The second-order valence-corrected chi connectivity index (χ2v) is 8.46. The van der Waals surface area contributed by atoms with Crippen LogP contribution in [0.2, 0.25) is 0 Å². The molecule has 0 aliphatic carbocycles. The molecule has 1 aromatic heterocycles. The van der Waals surface area contributed by atoms with E-state index in [4.69, 9.17) is 15.2 Å². The second-order valence-electron chi connectivity index (χ2n) is 8.46. The number of nitrogens with one attached hydrogen (secondary N) is 2. The zero-order valence-corrected chi connectivity index (χ0v) is 19.1. The SMILES string of the molecule is Nc1[nH]cc2cc(NC(=O)[C@H](O)[C@H]3OCCN(c4cccc(N5CCOCC5=O)c4)C3=O)cc(F)c12. The Balaban J connectivity index is 1.31. The summed E-state index contributed by atoms with van der Waals surface area (Å²) in [4.78, 5) is 43.8. The van der Waals surface area contributed by atoms with Crippen LogP contribution in [0.25, 0.3) is 10.8 Å². The number of fused-ring (bicyclic) bond motifs is 1. The number of amides is 3. The number of halogens is 1. The van der Waals surface area contributed by atoms with E-state index in [1.165, 1.54) is 17.2 Å². The summed E-state index contributed by atoms with van der Waals surface area (Å²) in [6.45, 7) is 1.05. The maximum Gasteiger partial charge on any atom is 0.259 e. The number of carbonyl (C=O) groups is 3. The number of H-pyrrole nitrogens is 1. The number of aromatic nitrogens is 1. The average molecular weight is 497 g/mol. The van der Waals surface area contributed by atoms with Gasteiger partial charge < -0.3 is 40.4 Å². The highest BCUT2D eigenvalue weighted by molar-refractivity contribution is 6.05. The van der Waals surface area contributed by atoms with Crippen LogP contribution in [0.1, 0.15) is 0 Å². The van der Waals surface area contributed by atoms with Crippen LogP contribution >= 0.6 is 0 Å². The molecule has 2 aliphatic rings. The van der Waals surface area contributed by atoms with E-state index in [1.807, 2.05) is 0 Å². The van der Waals surface area contributed by atoms with Crippen molar-refractivity contribution in [3.05, 3.63) is 48.4 Å². The van der Waals surface area contributed by atoms with Crippen LogP contribution in [-0.4, -0.2) is 72.9 Å². The Bertz CT molecular complexity index is 1340. The number of morpholine rings is 2. The predicted octanol–water partition coefficient (Wildman–Crippen LogP) is 0.984. The van der Waals surface area contributed by atoms with Gasteiger partial charge >= 0.3 is 0 Å². The van der Waals surface area contributed by atoms with Crippen LogP contribution in [0.4, 0.5) is 27.3 Å². The molecule has 2 aliphatic heterocycles. The van der Waals surface area contributed by atoms with E-state index < -0.39 is 29.8 Å². The molecule has 188 valence electrons. The molecule has 3 aromatic rings. The maximum absolute atomic E-state index is 14.4. The summed E-state index contributed by atoms with van der Waals surface area (Å²) in [5.74, 6) is -2.22. The Morgan fingerprint density at radius 3 is 2.69 bits per heavy atom. The minimum absolute atomic E-state index is 0.0155. The van der Waals surface area contributed by atoms with Crippen molar-refractivity contribution in [2.24, 2.45) is 0 Å². The molecule has 0 spiro atoms. The van der Waals surface area contributed by atoms with Gasteiger partial charge in [-0.2, -0.15) is 0 Å². The van der Waals surface area contributed by atoms with Crippen molar-refractivity contribution in [2.75, 3.05) is 53.8 Å². The lowest BCUT2D eigenvalue weighted by Gasteiger charge is -2.35. The first-order valence-electron chi connectivity index (χ1n) is 11.3. The van der Waals surface area contributed by atoms with Gasteiger partial charge in [-0.3, -0.25) is 14.4 Å². The monoisotopic (exact) mass is 497 g/mol. The molecule has 2 fully saturated rings. The lowest BCUT2D eigenvalue weighted by molar-refractivity contribution is -0.150. The van der Waals surface area contributed by atoms with E-state index in [9.17, 15) is 23.9 Å². The number of carbonyl (C=O) groups excluding carboxylic acids is 3. The number of aromatic amines is 1. The van der Waals surface area contributed by atoms with Crippen LogP contribution in [-0.2, 0) is 23.9 Å². The minimum Gasteiger partial charge on any atom is -0.385 e. The van der Waals surface area contributed by atoms with E-state index in [0.29, 0.717) is 29.9 Å². The molecule has 12 heteroatoms. The van der Waals surface area contributed by atoms with E-state index in [2.05, 4.69) is 10.3 Å². The lowest BCUT2D eigenvalue weighted by atomic mass is 10.1. The molecule has 2 aromatic carbocycles. The fourth-order valence-corrected chi connectivity index (χ4v) is 4.39. The summed E-state index contributed by atoms with van der Waals surface area (Å²) in [6.07, 6.45) is -1.83. The highest BCUT2D eigenvalue weighted by Crippen LogP contribution is 2.29. The molecule has 11 nitrogen and oxygen atoms in total. The number of ether oxygens (including phenoxy) is 2. The quantitative estimate of drug-likeness (QED) is 0.410. The predicted molar refractivity (Wildman–Crippen MR) is 129 cm³/mol. The van der Waals surface area contributed by atoms with Gasteiger partial charge in [0.05, 0.1) is 18.6 Å². The van der Waals surface area contributed by atoms with Gasteiger partial charge in [-0.1, -0.05) is 6.07 Å². The van der Waals surface area contributed by atoms with Gasteiger partial charge in [0.15, 0.2) is 12.2 Å². The third-order valence-corrected chi connectivity index (χ3v) is 6.16. The summed E-state index contributed by atoms with van der Waals surface area (Å²) in [7, 11) is 0. The number of hydrogen-bond acceptors (Lipinski definition) is 7. The standard InChI is InChI=1S/C24H24FN5O6/c25-17-9-14(8-13-11-27-22(26)19(13)17)28-23(33)20(32)21-24(34)30(5-7-36-21)16-3-1-2-15(10-16)29-4-6-35-12-18(29)31/h1-3,8-11,20-21,27,32H,4-7,12,26H2,(H,28,33)/t20-,21-/m1/s1. The van der Waals surface area contributed by atoms with Crippen LogP contribution in [0, 0.1) is 5.82 Å². The zero-order chi connectivity index (χ0) is 25.4. The van der Waals surface area contributed by atoms with Gasteiger partial charge in [0.2, 0.25) is 0 Å². The molecule has 5 N–H and O–H groups in total. The summed E-state index contributed by atoms with van der Waals surface area (Å²) in [5.41, 5.74) is 6.90. The first-order valence-corrected chi connectivity index (χ1v) is 11.3. The molecule has 36 heavy (non-hydrogen) atoms. The molecule has 0 unspecified atom stereocenters. The molecular weight excluding hydrogens is 473 g/mol. The van der Waals surface area contributed by atoms with Gasteiger partial charge in [-0.25, -0.2) is 4.39 Å². The van der Waals surface area contributed by atoms with Crippen molar-refractivity contribution in [3.8, 4) is 0 Å². The maximum atomic E-state index is 14.4. The van der Waals surface area contributed by atoms with Crippen molar-refractivity contribution >= 4 is 51.4 Å². The summed E-state index contributed by atoms with van der Waals surface area (Å²) >= 11 is 0. The number of rotatable bonds is 5. The van der Waals surface area contributed by atoms with Crippen molar-refractivity contribution in [3.63, 3.8) is 0 Å². The largest absolute Gasteiger partial charge is 0.385 e. The molecule has 0 saturated carbocycles. The Morgan fingerprint density at radius 1 is 1.17 bits per heavy atom. The van der Waals surface area contributed by atoms with E-state index in [-0.39, 0.29) is 42.6 Å². The van der Waals surface area contributed by atoms with E-state index >= 15 is 0 Å². The Labute approximate surface area is 204 Å². The van der Waals surface area contributed by atoms with Crippen LogP contribution in [0.15, 0.2) is 42.6 Å². The highest BCUT2D eigenvalue weighted by Gasteiger charge is 2.39. The molecule has 0 radical (unpaired) electrons. The van der Waals surface area contributed by atoms with Gasteiger partial charge in [0.25, 0.3) is 17.7 Å². The molecule has 2 saturated heterocycles. The molecule has 3 heterocycles. The smallest absolute Gasteiger partial charge is 0.259 e. The molecular formula is C24H24FN5O6. The van der Waals surface area contributed by atoms with Crippen molar-refractivity contribution in [1.82, 2.24) is 4.98 Å². The van der Waals surface area contributed by atoms with Gasteiger partial charge in [-0.05, 0) is 30.3 Å². The fourth-order valence-electron chi connectivity index (χ4n) is 4.39. The van der Waals surface area contributed by atoms with Crippen LogP contribution in [0.5, 0.6) is 0 Å². The Morgan fingerprint density at radius 2 is 1.92 bits per heavy atom. The topological polar surface area (TPSA) is 150 Å². The number of nitrogen functional groups attached to an aromatic ring is 1. The molecule has 2 atom stereocenters. The minimum atomic E-state index is -1.85. The number of anilines is 4.